The molecule has 0 saturated heterocycles. The van der Waals surface area contributed by atoms with E-state index in [-0.39, 0.29) is 50.6 Å². The van der Waals surface area contributed by atoms with Crippen LogP contribution in [0.2, 0.25) is 0 Å². The Morgan fingerprint density at radius 2 is 1.60 bits per heavy atom. The molecule has 0 amide bonds. The van der Waals surface area contributed by atoms with E-state index in [1.807, 2.05) is 19.9 Å². The summed E-state index contributed by atoms with van der Waals surface area (Å²) in [5.74, 6) is 1.15. The first-order valence-electron chi connectivity index (χ1n) is 14.0. The number of Topliss-reactive ketones (excluding diaryl/α,β-unsaturated/α-hetero) is 2. The second-order valence-electron chi connectivity index (χ2n) is 15.3. The molecule has 0 aromatic rings. The van der Waals surface area contributed by atoms with Crippen molar-refractivity contribution >= 4 is 11.6 Å². The highest BCUT2D eigenvalue weighted by atomic mass is 16.1. The van der Waals surface area contributed by atoms with Crippen LogP contribution < -0.4 is 5.73 Å². The summed E-state index contributed by atoms with van der Waals surface area (Å²) >= 11 is 0. The van der Waals surface area contributed by atoms with Crippen LogP contribution in [0.1, 0.15) is 99.8 Å². The second kappa shape index (κ2) is 7.31. The molecule has 4 nitrogen and oxygen atoms in total. The summed E-state index contributed by atoms with van der Waals surface area (Å²) in [5.41, 5.74) is 6.18. The zero-order chi connectivity index (χ0) is 25.8. The van der Waals surface area contributed by atoms with E-state index >= 15 is 0 Å². The van der Waals surface area contributed by atoms with Crippen LogP contribution in [0.3, 0.4) is 0 Å². The molecule has 4 heteroatoms. The van der Waals surface area contributed by atoms with Gasteiger partial charge in [-0.1, -0.05) is 54.5 Å². The molecule has 2 N–H and O–H groups in total. The van der Waals surface area contributed by atoms with E-state index < -0.39 is 5.41 Å². The fourth-order valence-electron chi connectivity index (χ4n) is 10.8. The largest absolute Gasteiger partial charge is 0.330 e. The fraction of sp³-hybridized carbons (Fsp3) is 0.839. The van der Waals surface area contributed by atoms with E-state index in [1.54, 1.807) is 0 Å². The molecule has 35 heavy (non-hydrogen) atoms. The van der Waals surface area contributed by atoms with Gasteiger partial charge in [0.2, 0.25) is 0 Å². The number of fused-ring (bicyclic) bond motifs is 7. The van der Waals surface area contributed by atoms with Crippen LogP contribution in [0.5, 0.6) is 0 Å². The van der Waals surface area contributed by atoms with Crippen LogP contribution in [0.25, 0.3) is 0 Å². The molecule has 0 aromatic carbocycles. The van der Waals surface area contributed by atoms with Gasteiger partial charge in [0.05, 0.1) is 5.57 Å². The SMILES string of the molecule is CC1(C)CC[C@]2(CN)CC[C@]3(C)C(C(=O)C[C@@H]4[C@@]5(C)C=C(C#N)C(=O)C(C)(C)C5CC[C@]43C)C2C1. The molecule has 0 aromatic heterocycles. The summed E-state index contributed by atoms with van der Waals surface area (Å²) in [6.07, 6.45) is 10.2. The molecule has 0 bridgehead atoms. The lowest BCUT2D eigenvalue weighted by Gasteiger charge is -2.72. The molecule has 5 rings (SSSR count). The third-order valence-electron chi connectivity index (χ3n) is 13.1. The molecule has 8 atom stereocenters. The quantitative estimate of drug-likeness (QED) is 0.483. The monoisotopic (exact) mass is 478 g/mol. The smallest absolute Gasteiger partial charge is 0.178 e. The van der Waals surface area contributed by atoms with Gasteiger partial charge in [0.15, 0.2) is 5.78 Å². The topological polar surface area (TPSA) is 83.9 Å². The molecule has 0 spiro atoms. The average Bonchev–Trinajstić information content (AvgIpc) is 2.77. The molecule has 0 heterocycles. The Hall–Kier alpha value is -1.47. The van der Waals surface area contributed by atoms with Gasteiger partial charge in [0.25, 0.3) is 0 Å². The van der Waals surface area contributed by atoms with Crippen molar-refractivity contribution in [3.05, 3.63) is 11.6 Å². The number of nitriles is 1. The average molecular weight is 479 g/mol. The maximum absolute atomic E-state index is 14.4. The molecular formula is C31H46N2O2. The van der Waals surface area contributed by atoms with E-state index in [2.05, 4.69) is 40.7 Å². The minimum atomic E-state index is -0.578. The predicted molar refractivity (Wildman–Crippen MR) is 138 cm³/mol. The lowest BCUT2D eigenvalue weighted by molar-refractivity contribution is -0.221. The second-order valence-corrected chi connectivity index (χ2v) is 15.3. The Morgan fingerprint density at radius 3 is 2.23 bits per heavy atom. The van der Waals surface area contributed by atoms with Crippen molar-refractivity contribution in [3.8, 4) is 6.07 Å². The fourth-order valence-corrected chi connectivity index (χ4v) is 10.8. The van der Waals surface area contributed by atoms with Crippen LogP contribution in [0.15, 0.2) is 11.6 Å². The number of ketones is 2. The Balaban J connectivity index is 1.63. The summed E-state index contributed by atoms with van der Waals surface area (Å²) in [4.78, 5) is 27.5. The van der Waals surface area contributed by atoms with E-state index in [0.717, 1.165) is 38.5 Å². The van der Waals surface area contributed by atoms with Crippen LogP contribution >= 0.6 is 0 Å². The molecular weight excluding hydrogens is 432 g/mol. The maximum atomic E-state index is 14.4. The summed E-state index contributed by atoms with van der Waals surface area (Å²) < 4.78 is 0. The molecule has 0 aliphatic heterocycles. The molecule has 192 valence electrons. The number of carbonyl (C=O) groups is 2. The third-order valence-corrected chi connectivity index (χ3v) is 13.1. The Kier molecular flexibility index (Phi) is 5.26. The van der Waals surface area contributed by atoms with Crippen molar-refractivity contribution < 1.29 is 9.59 Å². The van der Waals surface area contributed by atoms with E-state index in [4.69, 9.17) is 5.73 Å². The van der Waals surface area contributed by atoms with Crippen molar-refractivity contribution in [1.82, 2.24) is 0 Å². The van der Waals surface area contributed by atoms with Gasteiger partial charge >= 0.3 is 0 Å². The highest BCUT2D eigenvalue weighted by Crippen LogP contribution is 2.75. The van der Waals surface area contributed by atoms with Gasteiger partial charge < -0.3 is 5.73 Å². The number of nitrogens with two attached hydrogens (primary N) is 1. The van der Waals surface area contributed by atoms with Crippen molar-refractivity contribution in [2.75, 3.05) is 6.54 Å². The summed E-state index contributed by atoms with van der Waals surface area (Å²) in [5, 5.41) is 9.86. The lowest BCUT2D eigenvalue weighted by Crippen LogP contribution is -2.69. The number of hydrogen-bond donors (Lipinski definition) is 1. The van der Waals surface area contributed by atoms with E-state index in [9.17, 15) is 14.9 Å². The van der Waals surface area contributed by atoms with Gasteiger partial charge in [-0.2, -0.15) is 5.26 Å². The number of carbonyl (C=O) groups excluding carboxylic acids is 2. The van der Waals surface area contributed by atoms with Crippen molar-refractivity contribution in [1.29, 1.82) is 5.26 Å². The lowest BCUT2D eigenvalue weighted by atomic mass is 9.31. The van der Waals surface area contributed by atoms with Crippen LogP contribution in [-0.4, -0.2) is 18.1 Å². The Bertz CT molecular complexity index is 1050. The first kappa shape index (κ1) is 25.2. The highest BCUT2D eigenvalue weighted by molar-refractivity contribution is 6.04. The summed E-state index contributed by atoms with van der Waals surface area (Å²) in [6, 6.07) is 2.22. The van der Waals surface area contributed by atoms with Gasteiger partial charge in [-0.25, -0.2) is 0 Å². The van der Waals surface area contributed by atoms with Gasteiger partial charge in [0.1, 0.15) is 11.9 Å². The van der Waals surface area contributed by atoms with Crippen LogP contribution in [0, 0.1) is 67.5 Å². The Labute approximate surface area is 212 Å². The number of allylic oxidation sites excluding steroid dienone is 2. The van der Waals surface area contributed by atoms with Crippen molar-refractivity contribution in [2.45, 2.75) is 99.8 Å². The predicted octanol–water partition coefficient (Wildman–Crippen LogP) is 6.24. The van der Waals surface area contributed by atoms with E-state index in [1.165, 1.54) is 6.42 Å². The number of rotatable bonds is 1. The molecule has 5 aliphatic rings. The zero-order valence-electron chi connectivity index (χ0n) is 23.1. The van der Waals surface area contributed by atoms with Crippen molar-refractivity contribution in [2.24, 2.45) is 61.9 Å². The number of nitrogens with zero attached hydrogens (tertiary/aromatic N) is 1. The minimum absolute atomic E-state index is 0.00723. The summed E-state index contributed by atoms with van der Waals surface area (Å²) in [7, 11) is 0. The van der Waals surface area contributed by atoms with Crippen molar-refractivity contribution in [3.63, 3.8) is 0 Å². The molecule has 4 saturated carbocycles. The highest BCUT2D eigenvalue weighted by Gasteiger charge is 2.71. The maximum Gasteiger partial charge on any atom is 0.178 e. The first-order chi connectivity index (χ1) is 16.1. The Morgan fingerprint density at radius 1 is 0.943 bits per heavy atom. The molecule has 5 aliphatic carbocycles. The standard InChI is InChI=1S/C31H46N2O2/c1-26(2)10-12-31(18-33)13-11-30(7)24(20(31)16-26)21(34)14-23-28(5)15-19(17-32)25(35)27(3,4)22(28)8-9-29(23,30)6/h15,20,22-24H,8-14,16,18,33H2,1-7H3/t20?,22?,23-,24?,28+,29-,30-,31-/m1/s1. The zero-order valence-corrected chi connectivity index (χ0v) is 23.1. The molecule has 3 unspecified atom stereocenters. The minimum Gasteiger partial charge on any atom is -0.330 e. The first-order valence-corrected chi connectivity index (χ1v) is 14.0. The van der Waals surface area contributed by atoms with E-state index in [0.29, 0.717) is 30.2 Å². The summed E-state index contributed by atoms with van der Waals surface area (Å²) in [6.45, 7) is 16.7. The van der Waals surface area contributed by atoms with Gasteiger partial charge in [0, 0.05) is 17.8 Å². The van der Waals surface area contributed by atoms with Crippen LogP contribution in [-0.2, 0) is 9.59 Å². The van der Waals surface area contributed by atoms with Gasteiger partial charge in [-0.3, -0.25) is 9.59 Å². The normalized spacial score (nSPS) is 50.1. The number of hydrogen-bond acceptors (Lipinski definition) is 4. The molecule has 0 radical (unpaired) electrons. The third kappa shape index (κ3) is 3.00. The van der Waals surface area contributed by atoms with Crippen LogP contribution in [0.4, 0.5) is 0 Å². The van der Waals surface area contributed by atoms with Gasteiger partial charge in [-0.05, 0) is 96.3 Å². The molecule has 4 fully saturated rings. The van der Waals surface area contributed by atoms with Gasteiger partial charge in [-0.15, -0.1) is 0 Å².